The highest BCUT2D eigenvalue weighted by molar-refractivity contribution is 7.91. The first kappa shape index (κ1) is 18.8. The Kier molecular flexibility index (Phi) is 5.58. The van der Waals surface area contributed by atoms with Gasteiger partial charge in [0.15, 0.2) is 0 Å². The summed E-state index contributed by atoms with van der Waals surface area (Å²) in [6.07, 6.45) is 3.63. The predicted molar refractivity (Wildman–Crippen MR) is 88.2 cm³/mol. The zero-order valence-electron chi connectivity index (χ0n) is 13.2. The van der Waals surface area contributed by atoms with E-state index < -0.39 is 13.4 Å². The second-order valence-electron chi connectivity index (χ2n) is 6.42. The molecule has 2 aliphatic heterocycles. The Morgan fingerprint density at radius 2 is 1.92 bits per heavy atom. The summed E-state index contributed by atoms with van der Waals surface area (Å²) in [4.78, 5) is 23.2. The molecule has 0 spiro atoms. The first-order valence-electron chi connectivity index (χ1n) is 7.75. The Hall–Kier alpha value is -1.56. The number of alkyl halides is 3. The van der Waals surface area contributed by atoms with Crippen molar-refractivity contribution >= 4 is 19.3 Å². The van der Waals surface area contributed by atoms with E-state index in [1.807, 2.05) is 0 Å². The number of nitrogens with two attached hydrogens (primary N) is 1. The fourth-order valence-electron chi connectivity index (χ4n) is 3.46. The fourth-order valence-corrected chi connectivity index (χ4v) is 8.26. The van der Waals surface area contributed by atoms with Crippen molar-refractivity contribution in [2.45, 2.75) is 31.0 Å². The number of carbonyl (C=O) groups is 2. The van der Waals surface area contributed by atoms with E-state index in [2.05, 4.69) is 10.6 Å². The summed E-state index contributed by atoms with van der Waals surface area (Å²) in [6, 6.07) is 0. The van der Waals surface area contributed by atoms with Crippen molar-refractivity contribution in [3.05, 3.63) is 23.9 Å². The van der Waals surface area contributed by atoms with Gasteiger partial charge in [0.1, 0.15) is 7.26 Å². The number of amides is 2. The van der Waals surface area contributed by atoms with Crippen LogP contribution in [-0.2, 0) is 4.79 Å². The van der Waals surface area contributed by atoms with Crippen LogP contribution in [0.15, 0.2) is 23.9 Å². The second kappa shape index (κ2) is 7.13. The van der Waals surface area contributed by atoms with Crippen LogP contribution < -0.4 is 16.4 Å². The molecular weight excluding hydrogens is 342 g/mol. The van der Waals surface area contributed by atoms with Gasteiger partial charge in [0.25, 0.3) is 0 Å². The number of carbonyl (C=O) groups excluding carboxylic acids is 2. The molecule has 0 saturated carbocycles. The van der Waals surface area contributed by atoms with E-state index in [0.29, 0.717) is 6.41 Å². The maximum absolute atomic E-state index is 12.5. The van der Waals surface area contributed by atoms with Gasteiger partial charge in [0, 0.05) is 37.6 Å². The predicted octanol–water partition coefficient (Wildman–Crippen LogP) is 2.36. The van der Waals surface area contributed by atoms with Crippen LogP contribution in [0.4, 0.5) is 18.0 Å². The van der Waals surface area contributed by atoms with Crippen LogP contribution in [0.3, 0.4) is 0 Å². The molecule has 2 rings (SSSR count). The lowest BCUT2D eigenvalue weighted by molar-refractivity contribution is -0.111. The summed E-state index contributed by atoms with van der Waals surface area (Å²) >= 11 is 0. The zero-order chi connectivity index (χ0) is 17.8. The molecule has 5 nitrogen and oxygen atoms in total. The summed E-state index contributed by atoms with van der Waals surface area (Å²) in [5.41, 5.74) is 4.85. The van der Waals surface area contributed by atoms with Crippen molar-refractivity contribution in [3.8, 4) is 0 Å². The van der Waals surface area contributed by atoms with Crippen molar-refractivity contribution in [2.75, 3.05) is 25.0 Å². The van der Waals surface area contributed by atoms with Gasteiger partial charge in [-0.1, -0.05) is 12.2 Å². The number of rotatable bonds is 7. The summed E-state index contributed by atoms with van der Waals surface area (Å²) in [7, 11) is -1.73. The normalized spacial score (nSPS) is 29.9. The Balaban J connectivity index is 1.78. The molecule has 24 heavy (non-hydrogen) atoms. The van der Waals surface area contributed by atoms with Crippen LogP contribution in [0, 0.1) is 0 Å². The highest BCUT2D eigenvalue weighted by atomic mass is 31.2. The van der Waals surface area contributed by atoms with E-state index in [1.165, 1.54) is 6.08 Å². The van der Waals surface area contributed by atoms with Gasteiger partial charge >= 0.3 is 11.8 Å². The summed E-state index contributed by atoms with van der Waals surface area (Å²) < 4.78 is 36.2. The molecule has 2 saturated heterocycles. The molecule has 0 aromatic heterocycles. The van der Waals surface area contributed by atoms with E-state index in [0.717, 1.165) is 31.3 Å². The summed E-state index contributed by atoms with van der Waals surface area (Å²) in [6.45, 7) is 0.272. The first-order chi connectivity index (χ1) is 11.2. The van der Waals surface area contributed by atoms with Crippen molar-refractivity contribution in [1.29, 1.82) is 0 Å². The number of allylic oxidation sites excluding steroid dienone is 2. The number of hydrogen-bond acceptors (Lipinski definition) is 3. The standard InChI is InChI=1S/C15H21F3N3O2P/c16-15(17,18)9-12(19)3-1-2-6-20-13(23)24-7-4-14(10-24,5-8-24)21-11-22/h1-2,9,11H,3-8,10,19H2,(H-,20,21,22,23)/p+1/b2-1+,12-9+. The van der Waals surface area contributed by atoms with E-state index in [9.17, 15) is 22.8 Å². The van der Waals surface area contributed by atoms with Gasteiger partial charge in [-0.2, -0.15) is 13.2 Å². The van der Waals surface area contributed by atoms with Gasteiger partial charge in [-0.3, -0.25) is 4.79 Å². The lowest BCUT2D eigenvalue weighted by Gasteiger charge is -2.21. The van der Waals surface area contributed by atoms with Crippen molar-refractivity contribution in [2.24, 2.45) is 5.73 Å². The maximum atomic E-state index is 12.5. The van der Waals surface area contributed by atoms with E-state index in [-0.39, 0.29) is 35.9 Å². The van der Waals surface area contributed by atoms with Gasteiger partial charge < -0.3 is 16.4 Å². The van der Waals surface area contributed by atoms with Crippen LogP contribution in [0.5, 0.6) is 0 Å². The molecule has 0 atom stereocenters. The van der Waals surface area contributed by atoms with Gasteiger partial charge in [-0.15, -0.1) is 0 Å². The summed E-state index contributed by atoms with van der Waals surface area (Å²) in [5, 5.41) is 5.73. The molecule has 0 aliphatic carbocycles. The molecule has 0 radical (unpaired) electrons. The molecule has 134 valence electrons. The van der Waals surface area contributed by atoms with E-state index >= 15 is 0 Å². The molecule has 2 heterocycles. The van der Waals surface area contributed by atoms with Gasteiger partial charge in [-0.25, -0.2) is 4.79 Å². The monoisotopic (exact) mass is 364 g/mol. The van der Waals surface area contributed by atoms with Crippen molar-refractivity contribution < 1.29 is 22.8 Å². The lowest BCUT2D eigenvalue weighted by atomic mass is 9.96. The average Bonchev–Trinajstić information content (AvgIpc) is 3.02. The van der Waals surface area contributed by atoms with Crippen molar-refractivity contribution in [3.63, 3.8) is 0 Å². The summed E-state index contributed by atoms with van der Waals surface area (Å²) in [5.74, 6) is 0. The van der Waals surface area contributed by atoms with Crippen LogP contribution in [0.25, 0.3) is 0 Å². The van der Waals surface area contributed by atoms with E-state index in [4.69, 9.17) is 5.73 Å². The third kappa shape index (κ3) is 4.50. The number of fused-ring (bicyclic) bond motifs is 2. The zero-order valence-corrected chi connectivity index (χ0v) is 14.1. The fraction of sp³-hybridized carbons (Fsp3) is 0.600. The third-order valence-electron chi connectivity index (χ3n) is 4.68. The molecule has 2 amide bonds. The molecule has 2 bridgehead atoms. The maximum Gasteiger partial charge on any atom is 0.411 e. The molecule has 2 fully saturated rings. The molecule has 9 heteroatoms. The minimum atomic E-state index is -4.41. The molecule has 0 aromatic rings. The molecule has 4 N–H and O–H groups in total. The quantitative estimate of drug-likeness (QED) is 0.368. The number of halogens is 3. The Morgan fingerprint density at radius 3 is 2.50 bits per heavy atom. The highest BCUT2D eigenvalue weighted by Crippen LogP contribution is 2.72. The molecule has 0 aromatic carbocycles. The van der Waals surface area contributed by atoms with Crippen LogP contribution in [0.1, 0.15) is 19.3 Å². The Bertz CT molecular complexity index is 553. The average molecular weight is 364 g/mol. The Morgan fingerprint density at radius 1 is 1.25 bits per heavy atom. The van der Waals surface area contributed by atoms with Gasteiger partial charge in [0.05, 0.1) is 24.0 Å². The van der Waals surface area contributed by atoms with Crippen LogP contribution >= 0.6 is 7.26 Å². The second-order valence-corrected chi connectivity index (χ2v) is 10.3. The largest absolute Gasteiger partial charge is 0.411 e. The topological polar surface area (TPSA) is 84.2 Å². The van der Waals surface area contributed by atoms with Gasteiger partial charge in [-0.05, 0) is 0 Å². The number of hydrogen-bond donors (Lipinski definition) is 3. The molecular formula is C15H22F3N3O2P+. The SMILES string of the molecule is N/C(=C/C(F)(F)F)C/C=C/CNC(=O)[P+]12CCC(NC=O)(CC1)C2. The Labute approximate surface area is 139 Å². The lowest BCUT2D eigenvalue weighted by Crippen LogP contribution is -2.43. The van der Waals surface area contributed by atoms with Gasteiger partial charge in [0.2, 0.25) is 6.41 Å². The first-order valence-corrected chi connectivity index (χ1v) is 10.1. The van der Waals surface area contributed by atoms with Crippen LogP contribution in [-0.4, -0.2) is 48.8 Å². The molecule has 2 aliphatic rings. The van der Waals surface area contributed by atoms with E-state index in [1.54, 1.807) is 6.08 Å². The number of nitrogens with one attached hydrogen (secondary N) is 2. The van der Waals surface area contributed by atoms with Crippen LogP contribution in [0.2, 0.25) is 0 Å². The minimum Gasteiger partial charge on any atom is -0.402 e. The third-order valence-corrected chi connectivity index (χ3v) is 9.07. The molecule has 0 unspecified atom stereocenters. The smallest absolute Gasteiger partial charge is 0.402 e. The van der Waals surface area contributed by atoms with Crippen molar-refractivity contribution in [1.82, 2.24) is 10.6 Å². The minimum absolute atomic E-state index is 0.0119. The highest BCUT2D eigenvalue weighted by Gasteiger charge is 2.64.